The third-order valence-electron chi connectivity index (χ3n) is 7.35. The maximum Gasteiger partial charge on any atom is 0.154 e. The lowest BCUT2D eigenvalue weighted by Crippen LogP contribution is -2.43. The molecule has 1 saturated carbocycles. The lowest BCUT2D eigenvalue weighted by molar-refractivity contribution is 0.253. The highest BCUT2D eigenvalue weighted by atomic mass is 35.5. The molecule has 0 bridgehead atoms. The molecule has 2 aliphatic rings. The van der Waals surface area contributed by atoms with Crippen LogP contribution in [0.1, 0.15) is 24.8 Å². The smallest absolute Gasteiger partial charge is 0.154 e. The SMILES string of the molecule is Cl.NC1(c2ccc(-c3nc4n(c3-c3ccccc3)-c3cccnc3Nc3ccccc3-4)cc2)CCC1. The van der Waals surface area contributed by atoms with Crippen LogP contribution < -0.4 is 11.1 Å². The Morgan fingerprint density at radius 3 is 2.31 bits per heavy atom. The minimum atomic E-state index is -0.179. The van der Waals surface area contributed by atoms with Gasteiger partial charge >= 0.3 is 0 Å². The number of nitrogens with zero attached hydrogens (tertiary/aromatic N) is 3. The first-order valence-electron chi connectivity index (χ1n) is 12.1. The van der Waals surface area contributed by atoms with Crippen molar-refractivity contribution in [2.45, 2.75) is 24.8 Å². The van der Waals surface area contributed by atoms with Gasteiger partial charge in [-0.3, -0.25) is 4.57 Å². The van der Waals surface area contributed by atoms with Gasteiger partial charge in [0.05, 0.1) is 22.8 Å². The highest BCUT2D eigenvalue weighted by Gasteiger charge is 2.34. The lowest BCUT2D eigenvalue weighted by Gasteiger charge is -2.38. The first-order chi connectivity index (χ1) is 17.2. The van der Waals surface area contributed by atoms with Gasteiger partial charge in [-0.05, 0) is 49.1 Å². The third kappa shape index (κ3) is 3.43. The van der Waals surface area contributed by atoms with E-state index < -0.39 is 0 Å². The highest BCUT2D eigenvalue weighted by Crippen LogP contribution is 2.45. The van der Waals surface area contributed by atoms with Crippen molar-refractivity contribution in [3.05, 3.63) is 103 Å². The number of pyridine rings is 1. The Hall–Kier alpha value is -3.93. The van der Waals surface area contributed by atoms with Gasteiger partial charge in [-0.15, -0.1) is 12.4 Å². The Bertz CT molecular complexity index is 1550. The Balaban J connectivity index is 0.00000240. The van der Waals surface area contributed by atoms with Gasteiger partial charge in [-0.2, -0.15) is 0 Å². The number of nitrogens with one attached hydrogen (secondary N) is 1. The van der Waals surface area contributed by atoms with Crippen LogP contribution in [0.5, 0.6) is 0 Å². The zero-order chi connectivity index (χ0) is 23.4. The first-order valence-corrected chi connectivity index (χ1v) is 12.1. The zero-order valence-electron chi connectivity index (χ0n) is 19.7. The summed E-state index contributed by atoms with van der Waals surface area (Å²) in [6.45, 7) is 0. The summed E-state index contributed by atoms with van der Waals surface area (Å²) in [5, 5.41) is 3.53. The molecule has 178 valence electrons. The van der Waals surface area contributed by atoms with Gasteiger partial charge in [0.2, 0.25) is 0 Å². The number of nitrogens with two attached hydrogens (primary N) is 1. The maximum atomic E-state index is 6.60. The van der Waals surface area contributed by atoms with Gasteiger partial charge in [0, 0.05) is 28.4 Å². The van der Waals surface area contributed by atoms with Crippen molar-refractivity contribution in [1.29, 1.82) is 0 Å². The molecule has 7 rings (SSSR count). The second-order valence-electron chi connectivity index (χ2n) is 9.46. The molecule has 0 radical (unpaired) electrons. The van der Waals surface area contributed by atoms with Crippen LogP contribution in [0, 0.1) is 0 Å². The number of fused-ring (bicyclic) bond motifs is 5. The molecule has 0 atom stereocenters. The molecule has 3 aromatic carbocycles. The number of hydrogen-bond acceptors (Lipinski definition) is 4. The van der Waals surface area contributed by atoms with E-state index in [0.717, 1.165) is 63.9 Å². The predicted octanol–water partition coefficient (Wildman–Crippen LogP) is 7.09. The van der Waals surface area contributed by atoms with E-state index in [-0.39, 0.29) is 17.9 Å². The van der Waals surface area contributed by atoms with Crippen molar-refractivity contribution in [1.82, 2.24) is 14.5 Å². The normalized spacial score (nSPS) is 14.7. The summed E-state index contributed by atoms with van der Waals surface area (Å²) in [5.74, 6) is 1.71. The monoisotopic (exact) mass is 491 g/mol. The highest BCUT2D eigenvalue weighted by molar-refractivity contribution is 5.90. The van der Waals surface area contributed by atoms with E-state index in [2.05, 4.69) is 87.7 Å². The molecule has 1 aliphatic heterocycles. The van der Waals surface area contributed by atoms with Crippen LogP contribution in [-0.2, 0) is 5.54 Å². The van der Waals surface area contributed by atoms with Crippen LogP contribution in [0.2, 0.25) is 0 Å². The van der Waals surface area contributed by atoms with E-state index in [1.165, 1.54) is 12.0 Å². The number of imidazole rings is 1. The molecule has 5 nitrogen and oxygen atoms in total. The number of para-hydroxylation sites is 1. The molecule has 36 heavy (non-hydrogen) atoms. The lowest BCUT2D eigenvalue weighted by atomic mass is 9.72. The number of rotatable bonds is 3. The number of halogens is 1. The summed E-state index contributed by atoms with van der Waals surface area (Å²) in [6, 6.07) is 31.5. The predicted molar refractivity (Wildman–Crippen MR) is 148 cm³/mol. The van der Waals surface area contributed by atoms with E-state index in [1.54, 1.807) is 0 Å². The van der Waals surface area contributed by atoms with Gasteiger partial charge in [0.15, 0.2) is 5.82 Å². The Labute approximate surface area is 216 Å². The van der Waals surface area contributed by atoms with Crippen LogP contribution in [0.15, 0.2) is 97.2 Å². The fraction of sp³-hybridized carbons (Fsp3) is 0.133. The van der Waals surface area contributed by atoms with Crippen LogP contribution in [-0.4, -0.2) is 14.5 Å². The maximum absolute atomic E-state index is 6.60. The van der Waals surface area contributed by atoms with Gasteiger partial charge in [0.25, 0.3) is 0 Å². The number of hydrogen-bond donors (Lipinski definition) is 2. The van der Waals surface area contributed by atoms with E-state index in [9.17, 15) is 0 Å². The standard InChI is InChI=1S/C30H25N5.ClH/c31-30(17-7-18-30)22-15-13-20(14-16-22)26-27(21-8-2-1-3-9-21)35-25-12-6-19-32-28(25)33-24-11-5-4-10-23(24)29(35)34-26;/h1-6,8-16,19H,7,17-18,31H2,(H,32,33);1H. The summed E-state index contributed by atoms with van der Waals surface area (Å²) in [6.07, 6.45) is 5.12. The summed E-state index contributed by atoms with van der Waals surface area (Å²) < 4.78 is 2.25. The Morgan fingerprint density at radius 1 is 0.806 bits per heavy atom. The Morgan fingerprint density at radius 2 is 1.56 bits per heavy atom. The summed E-state index contributed by atoms with van der Waals surface area (Å²) in [4.78, 5) is 9.96. The van der Waals surface area contributed by atoms with E-state index >= 15 is 0 Å². The molecule has 5 aromatic rings. The van der Waals surface area contributed by atoms with Crippen LogP contribution in [0.3, 0.4) is 0 Å². The van der Waals surface area contributed by atoms with E-state index in [0.29, 0.717) is 0 Å². The molecule has 3 heterocycles. The van der Waals surface area contributed by atoms with Crippen LogP contribution in [0.4, 0.5) is 11.5 Å². The van der Waals surface area contributed by atoms with E-state index in [1.807, 2.05) is 24.4 Å². The van der Waals surface area contributed by atoms with Gasteiger partial charge in [-0.1, -0.05) is 66.7 Å². The minimum absolute atomic E-state index is 0. The number of aromatic nitrogens is 3. The second kappa shape index (κ2) is 8.63. The minimum Gasteiger partial charge on any atom is -0.338 e. The van der Waals surface area contributed by atoms with Crippen molar-refractivity contribution >= 4 is 23.9 Å². The van der Waals surface area contributed by atoms with Crippen molar-refractivity contribution in [3.8, 4) is 39.6 Å². The molecular weight excluding hydrogens is 466 g/mol. The summed E-state index contributed by atoms with van der Waals surface area (Å²) >= 11 is 0. The van der Waals surface area contributed by atoms with Gasteiger partial charge in [-0.25, -0.2) is 9.97 Å². The summed E-state index contributed by atoms with van der Waals surface area (Å²) in [5.41, 5.74) is 14.8. The molecule has 0 unspecified atom stereocenters. The molecule has 0 spiro atoms. The summed E-state index contributed by atoms with van der Waals surface area (Å²) in [7, 11) is 0. The number of anilines is 2. The van der Waals surface area contributed by atoms with Crippen LogP contribution >= 0.6 is 12.4 Å². The van der Waals surface area contributed by atoms with Crippen molar-refractivity contribution in [3.63, 3.8) is 0 Å². The average molecular weight is 492 g/mol. The average Bonchev–Trinajstić information content (AvgIpc) is 3.22. The molecule has 3 N–H and O–H groups in total. The zero-order valence-corrected chi connectivity index (χ0v) is 20.5. The fourth-order valence-electron chi connectivity index (χ4n) is 5.29. The first kappa shape index (κ1) is 22.5. The van der Waals surface area contributed by atoms with Crippen LogP contribution in [0.25, 0.3) is 39.6 Å². The molecule has 1 fully saturated rings. The van der Waals surface area contributed by atoms with Crippen molar-refractivity contribution in [2.75, 3.05) is 5.32 Å². The quantitative estimate of drug-likeness (QED) is 0.277. The second-order valence-corrected chi connectivity index (χ2v) is 9.46. The van der Waals surface area contributed by atoms with E-state index in [4.69, 9.17) is 10.7 Å². The molecular formula is C30H26ClN5. The molecule has 0 amide bonds. The topological polar surface area (TPSA) is 68.8 Å². The van der Waals surface area contributed by atoms with Gasteiger partial charge < -0.3 is 11.1 Å². The largest absolute Gasteiger partial charge is 0.338 e. The van der Waals surface area contributed by atoms with Crippen molar-refractivity contribution < 1.29 is 0 Å². The molecule has 2 aromatic heterocycles. The third-order valence-corrected chi connectivity index (χ3v) is 7.35. The number of benzene rings is 3. The van der Waals surface area contributed by atoms with Gasteiger partial charge in [0.1, 0.15) is 5.82 Å². The molecule has 0 saturated heterocycles. The fourth-order valence-corrected chi connectivity index (χ4v) is 5.29. The Kier molecular flexibility index (Phi) is 5.40. The molecule has 6 heteroatoms. The molecule has 1 aliphatic carbocycles. The van der Waals surface area contributed by atoms with Crippen molar-refractivity contribution in [2.24, 2.45) is 5.73 Å².